The number of benzene rings is 1. The SMILES string of the molecule is C=CCNS(=O)(=O)c1ccc(C)cc1Cl. The number of nitrogens with one attached hydrogen (secondary N) is 1. The highest BCUT2D eigenvalue weighted by Gasteiger charge is 2.16. The average molecular weight is 246 g/mol. The number of rotatable bonds is 4. The van der Waals surface area contributed by atoms with Crippen LogP contribution in [0.3, 0.4) is 0 Å². The van der Waals surface area contributed by atoms with Crippen LogP contribution in [0.4, 0.5) is 0 Å². The van der Waals surface area contributed by atoms with Crippen molar-refractivity contribution in [2.75, 3.05) is 6.54 Å². The lowest BCUT2D eigenvalue weighted by molar-refractivity contribution is 0.585. The lowest BCUT2D eigenvalue weighted by Gasteiger charge is -2.06. The summed E-state index contributed by atoms with van der Waals surface area (Å²) in [6, 6.07) is 4.81. The predicted octanol–water partition coefficient (Wildman–Crippen LogP) is 2.11. The lowest BCUT2D eigenvalue weighted by atomic mass is 10.2. The van der Waals surface area contributed by atoms with E-state index in [1.807, 2.05) is 6.92 Å². The highest BCUT2D eigenvalue weighted by molar-refractivity contribution is 7.89. The second kappa shape index (κ2) is 4.79. The van der Waals surface area contributed by atoms with Gasteiger partial charge in [0.05, 0.1) is 5.02 Å². The zero-order valence-corrected chi connectivity index (χ0v) is 9.90. The van der Waals surface area contributed by atoms with Gasteiger partial charge in [-0.1, -0.05) is 23.7 Å². The summed E-state index contributed by atoms with van der Waals surface area (Å²) < 4.78 is 25.7. The third-order valence-electron chi connectivity index (χ3n) is 1.79. The fraction of sp³-hybridized carbons (Fsp3) is 0.200. The molecule has 0 aliphatic heterocycles. The van der Waals surface area contributed by atoms with Gasteiger partial charge in [-0.05, 0) is 24.6 Å². The molecule has 0 saturated heterocycles. The molecule has 0 heterocycles. The molecule has 0 bridgehead atoms. The Bertz CT molecular complexity index is 468. The number of sulfonamides is 1. The van der Waals surface area contributed by atoms with Gasteiger partial charge in [-0.3, -0.25) is 0 Å². The first-order valence-electron chi connectivity index (χ1n) is 4.34. The number of hydrogen-bond acceptors (Lipinski definition) is 2. The third kappa shape index (κ3) is 3.06. The third-order valence-corrected chi connectivity index (χ3v) is 3.70. The van der Waals surface area contributed by atoms with Gasteiger partial charge in [0, 0.05) is 6.54 Å². The molecule has 3 nitrogen and oxygen atoms in total. The molecule has 5 heteroatoms. The second-order valence-corrected chi connectivity index (χ2v) is 5.22. The quantitative estimate of drug-likeness (QED) is 0.826. The van der Waals surface area contributed by atoms with Gasteiger partial charge in [0.1, 0.15) is 4.90 Å². The minimum atomic E-state index is -3.52. The Hall–Kier alpha value is -0.840. The van der Waals surface area contributed by atoms with Gasteiger partial charge in [-0.2, -0.15) is 0 Å². The van der Waals surface area contributed by atoms with Gasteiger partial charge in [0.15, 0.2) is 0 Å². The van der Waals surface area contributed by atoms with Gasteiger partial charge in [0.2, 0.25) is 10.0 Å². The van der Waals surface area contributed by atoms with Gasteiger partial charge >= 0.3 is 0 Å². The molecule has 1 aromatic rings. The molecule has 1 aromatic carbocycles. The van der Waals surface area contributed by atoms with Crippen LogP contribution < -0.4 is 4.72 Å². The Morgan fingerprint density at radius 2 is 2.20 bits per heavy atom. The van der Waals surface area contributed by atoms with Crippen LogP contribution in [-0.2, 0) is 10.0 Å². The Morgan fingerprint density at radius 1 is 1.53 bits per heavy atom. The fourth-order valence-electron chi connectivity index (χ4n) is 1.07. The second-order valence-electron chi connectivity index (χ2n) is 3.07. The predicted molar refractivity (Wildman–Crippen MR) is 61.6 cm³/mol. The van der Waals surface area contributed by atoms with E-state index in [0.29, 0.717) is 0 Å². The van der Waals surface area contributed by atoms with Crippen molar-refractivity contribution in [2.45, 2.75) is 11.8 Å². The van der Waals surface area contributed by atoms with E-state index in [1.54, 1.807) is 12.1 Å². The molecule has 0 fully saturated rings. The zero-order chi connectivity index (χ0) is 11.5. The molecule has 82 valence electrons. The number of aryl methyl sites for hydroxylation is 1. The Balaban J connectivity index is 3.10. The summed E-state index contributed by atoms with van der Waals surface area (Å²) in [5, 5.41) is 0.228. The maximum atomic E-state index is 11.7. The molecule has 0 saturated carbocycles. The monoisotopic (exact) mass is 245 g/mol. The Kier molecular flexibility index (Phi) is 3.90. The van der Waals surface area contributed by atoms with E-state index < -0.39 is 10.0 Å². The molecule has 0 atom stereocenters. The highest BCUT2D eigenvalue weighted by atomic mass is 35.5. The normalized spacial score (nSPS) is 11.3. The summed E-state index contributed by atoms with van der Waals surface area (Å²) in [4.78, 5) is 0.0941. The van der Waals surface area contributed by atoms with E-state index in [0.717, 1.165) is 5.56 Å². The molecule has 15 heavy (non-hydrogen) atoms. The van der Waals surface area contributed by atoms with E-state index >= 15 is 0 Å². The van der Waals surface area contributed by atoms with Crippen molar-refractivity contribution in [3.8, 4) is 0 Å². The summed E-state index contributed by atoms with van der Waals surface area (Å²) in [5.74, 6) is 0. The van der Waals surface area contributed by atoms with Crippen LogP contribution in [0.5, 0.6) is 0 Å². The molecular weight excluding hydrogens is 234 g/mol. The van der Waals surface area contributed by atoms with Gasteiger partial charge in [0.25, 0.3) is 0 Å². The smallest absolute Gasteiger partial charge is 0.207 e. The largest absolute Gasteiger partial charge is 0.242 e. The average Bonchev–Trinajstić information content (AvgIpc) is 2.14. The highest BCUT2D eigenvalue weighted by Crippen LogP contribution is 2.21. The van der Waals surface area contributed by atoms with E-state index in [9.17, 15) is 8.42 Å². The maximum absolute atomic E-state index is 11.7. The maximum Gasteiger partial charge on any atom is 0.242 e. The fourth-order valence-corrected chi connectivity index (χ4v) is 2.67. The van der Waals surface area contributed by atoms with Crippen LogP contribution in [0.25, 0.3) is 0 Å². The molecule has 0 amide bonds. The van der Waals surface area contributed by atoms with Crippen molar-refractivity contribution < 1.29 is 8.42 Å². The first-order valence-corrected chi connectivity index (χ1v) is 6.20. The van der Waals surface area contributed by atoms with Gasteiger partial charge in [-0.25, -0.2) is 13.1 Å². The summed E-state index contributed by atoms with van der Waals surface area (Å²) in [7, 11) is -3.52. The van der Waals surface area contributed by atoms with Gasteiger partial charge < -0.3 is 0 Å². The Morgan fingerprint density at radius 3 is 2.73 bits per heavy atom. The van der Waals surface area contributed by atoms with Crippen LogP contribution in [-0.4, -0.2) is 15.0 Å². The Labute approximate surface area is 94.8 Å². The summed E-state index contributed by atoms with van der Waals surface area (Å²) in [6.07, 6.45) is 1.47. The van der Waals surface area contributed by atoms with Crippen molar-refractivity contribution in [3.05, 3.63) is 41.4 Å². The molecule has 0 unspecified atom stereocenters. The van der Waals surface area contributed by atoms with Crippen molar-refractivity contribution in [1.82, 2.24) is 4.72 Å². The lowest BCUT2D eigenvalue weighted by Crippen LogP contribution is -2.23. The van der Waals surface area contributed by atoms with E-state index in [2.05, 4.69) is 11.3 Å². The van der Waals surface area contributed by atoms with Crippen LogP contribution >= 0.6 is 11.6 Å². The van der Waals surface area contributed by atoms with Crippen molar-refractivity contribution in [1.29, 1.82) is 0 Å². The van der Waals surface area contributed by atoms with Crippen LogP contribution in [0, 0.1) is 6.92 Å². The van der Waals surface area contributed by atoms with Crippen molar-refractivity contribution >= 4 is 21.6 Å². The topological polar surface area (TPSA) is 46.2 Å². The summed E-state index contributed by atoms with van der Waals surface area (Å²) in [5.41, 5.74) is 0.919. The minimum absolute atomic E-state index is 0.0941. The standard InChI is InChI=1S/C10H12ClNO2S/c1-3-6-12-15(13,14)10-5-4-8(2)7-9(10)11/h3-5,7,12H,1,6H2,2H3. The molecule has 1 N–H and O–H groups in total. The minimum Gasteiger partial charge on any atom is -0.207 e. The molecule has 0 aromatic heterocycles. The molecule has 1 rings (SSSR count). The first kappa shape index (κ1) is 12.2. The molecule has 0 aliphatic rings. The van der Waals surface area contributed by atoms with Crippen LogP contribution in [0.15, 0.2) is 35.7 Å². The molecular formula is C10H12ClNO2S. The van der Waals surface area contributed by atoms with Crippen molar-refractivity contribution in [2.24, 2.45) is 0 Å². The van der Waals surface area contributed by atoms with Crippen LogP contribution in [0.2, 0.25) is 5.02 Å². The van der Waals surface area contributed by atoms with E-state index in [1.165, 1.54) is 12.1 Å². The van der Waals surface area contributed by atoms with Crippen molar-refractivity contribution in [3.63, 3.8) is 0 Å². The number of halogens is 1. The van der Waals surface area contributed by atoms with E-state index in [4.69, 9.17) is 11.6 Å². The summed E-state index contributed by atoms with van der Waals surface area (Å²) >= 11 is 5.85. The molecule has 0 radical (unpaired) electrons. The first-order chi connectivity index (χ1) is 6.97. The number of hydrogen-bond donors (Lipinski definition) is 1. The molecule has 0 spiro atoms. The summed E-state index contributed by atoms with van der Waals surface area (Å²) in [6.45, 7) is 5.47. The molecule has 0 aliphatic carbocycles. The van der Waals surface area contributed by atoms with Crippen LogP contribution in [0.1, 0.15) is 5.56 Å². The van der Waals surface area contributed by atoms with E-state index in [-0.39, 0.29) is 16.5 Å². The van der Waals surface area contributed by atoms with Gasteiger partial charge in [-0.15, -0.1) is 6.58 Å². The zero-order valence-electron chi connectivity index (χ0n) is 8.33.